The molecule has 1 unspecified atom stereocenters. The number of benzene rings is 1. The Morgan fingerprint density at radius 3 is 2.53 bits per heavy atom. The van der Waals surface area contributed by atoms with Crippen molar-refractivity contribution < 1.29 is 14.6 Å². The number of hydrogen-bond acceptors (Lipinski definition) is 4. The van der Waals surface area contributed by atoms with E-state index in [0.29, 0.717) is 22.1 Å². The first-order valence-corrected chi connectivity index (χ1v) is 4.82. The Labute approximate surface area is 93.6 Å². The van der Waals surface area contributed by atoms with Crippen LogP contribution in [0.1, 0.15) is 11.7 Å². The molecule has 1 rings (SSSR count). The van der Waals surface area contributed by atoms with Crippen LogP contribution in [0.5, 0.6) is 11.5 Å². The third kappa shape index (κ3) is 2.34. The summed E-state index contributed by atoms with van der Waals surface area (Å²) in [6, 6.07) is 3.35. The molecule has 0 bridgehead atoms. The zero-order valence-electron chi connectivity index (χ0n) is 8.66. The van der Waals surface area contributed by atoms with E-state index in [1.807, 2.05) is 0 Å². The summed E-state index contributed by atoms with van der Waals surface area (Å²) >= 11 is 6.05. The molecule has 0 amide bonds. The van der Waals surface area contributed by atoms with Gasteiger partial charge >= 0.3 is 0 Å². The monoisotopic (exact) mass is 231 g/mol. The maximum Gasteiger partial charge on any atom is 0.179 e. The molecule has 0 spiro atoms. The Morgan fingerprint density at radius 2 is 2.07 bits per heavy atom. The Hall–Kier alpha value is -0.970. The number of aliphatic hydroxyl groups excluding tert-OH is 1. The molecule has 0 aliphatic carbocycles. The van der Waals surface area contributed by atoms with Crippen LogP contribution in [-0.2, 0) is 0 Å². The van der Waals surface area contributed by atoms with E-state index in [2.05, 4.69) is 0 Å². The zero-order chi connectivity index (χ0) is 11.4. The topological polar surface area (TPSA) is 64.7 Å². The van der Waals surface area contributed by atoms with Crippen molar-refractivity contribution in [1.29, 1.82) is 0 Å². The minimum atomic E-state index is -0.794. The van der Waals surface area contributed by atoms with E-state index in [0.717, 1.165) is 0 Å². The molecule has 3 N–H and O–H groups in total. The van der Waals surface area contributed by atoms with E-state index in [1.54, 1.807) is 12.1 Å². The Balaban J connectivity index is 3.22. The van der Waals surface area contributed by atoms with Gasteiger partial charge in [-0.3, -0.25) is 0 Å². The molecular weight excluding hydrogens is 218 g/mol. The molecule has 0 aromatic heterocycles. The van der Waals surface area contributed by atoms with Gasteiger partial charge in [-0.15, -0.1) is 0 Å². The molecule has 0 fully saturated rings. The van der Waals surface area contributed by atoms with Crippen LogP contribution in [0.3, 0.4) is 0 Å². The average Bonchev–Trinajstić information content (AvgIpc) is 2.27. The predicted molar refractivity (Wildman–Crippen MR) is 58.6 cm³/mol. The molecule has 0 saturated carbocycles. The van der Waals surface area contributed by atoms with Crippen molar-refractivity contribution in [1.82, 2.24) is 0 Å². The number of ether oxygens (including phenoxy) is 2. The van der Waals surface area contributed by atoms with Crippen LogP contribution in [0, 0.1) is 0 Å². The minimum absolute atomic E-state index is 0.106. The molecule has 0 heterocycles. The zero-order valence-corrected chi connectivity index (χ0v) is 9.41. The van der Waals surface area contributed by atoms with Crippen molar-refractivity contribution in [3.63, 3.8) is 0 Å². The standard InChI is InChI=1S/C10H14ClNO3/c1-14-8-4-3-6(7(13)5-12)9(11)10(8)15-2/h3-4,7,13H,5,12H2,1-2H3. The molecule has 84 valence electrons. The molecule has 15 heavy (non-hydrogen) atoms. The second-order valence-corrected chi connectivity index (χ2v) is 3.33. The second-order valence-electron chi connectivity index (χ2n) is 2.96. The van der Waals surface area contributed by atoms with Gasteiger partial charge in [0.05, 0.1) is 25.3 Å². The first-order valence-electron chi connectivity index (χ1n) is 4.44. The second kappa shape index (κ2) is 5.21. The first kappa shape index (κ1) is 12.1. The molecular formula is C10H14ClNO3. The highest BCUT2D eigenvalue weighted by atomic mass is 35.5. The van der Waals surface area contributed by atoms with Crippen molar-refractivity contribution in [3.8, 4) is 11.5 Å². The van der Waals surface area contributed by atoms with Gasteiger partial charge in [0.15, 0.2) is 11.5 Å². The van der Waals surface area contributed by atoms with Crippen LogP contribution in [0.25, 0.3) is 0 Å². The summed E-state index contributed by atoms with van der Waals surface area (Å²) in [6.45, 7) is 0.106. The number of rotatable bonds is 4. The Morgan fingerprint density at radius 1 is 1.40 bits per heavy atom. The molecule has 1 aromatic carbocycles. The van der Waals surface area contributed by atoms with E-state index in [4.69, 9.17) is 26.8 Å². The predicted octanol–water partition coefficient (Wildman–Crippen LogP) is 1.35. The number of nitrogens with two attached hydrogens (primary N) is 1. The fourth-order valence-corrected chi connectivity index (χ4v) is 1.65. The van der Waals surface area contributed by atoms with Crippen LogP contribution in [-0.4, -0.2) is 25.9 Å². The van der Waals surface area contributed by atoms with Crippen molar-refractivity contribution in [2.75, 3.05) is 20.8 Å². The van der Waals surface area contributed by atoms with E-state index < -0.39 is 6.10 Å². The summed E-state index contributed by atoms with van der Waals surface area (Å²) in [5.41, 5.74) is 5.89. The summed E-state index contributed by atoms with van der Waals surface area (Å²) in [5.74, 6) is 0.930. The molecule has 1 aromatic rings. The highest BCUT2D eigenvalue weighted by Gasteiger charge is 2.17. The van der Waals surface area contributed by atoms with Crippen molar-refractivity contribution in [2.24, 2.45) is 5.73 Å². The number of aliphatic hydroxyl groups is 1. The number of halogens is 1. The maximum absolute atomic E-state index is 9.59. The fourth-order valence-electron chi connectivity index (χ4n) is 1.29. The van der Waals surface area contributed by atoms with Gasteiger partial charge in [0, 0.05) is 12.1 Å². The smallest absolute Gasteiger partial charge is 0.179 e. The lowest BCUT2D eigenvalue weighted by Gasteiger charge is -2.15. The van der Waals surface area contributed by atoms with E-state index in [1.165, 1.54) is 14.2 Å². The Kier molecular flexibility index (Phi) is 4.20. The van der Waals surface area contributed by atoms with E-state index in [9.17, 15) is 5.11 Å². The summed E-state index contributed by atoms with van der Waals surface area (Å²) in [7, 11) is 3.01. The summed E-state index contributed by atoms with van der Waals surface area (Å²) in [5, 5.41) is 9.92. The summed E-state index contributed by atoms with van der Waals surface area (Å²) in [4.78, 5) is 0. The van der Waals surface area contributed by atoms with Crippen molar-refractivity contribution in [3.05, 3.63) is 22.7 Å². The number of methoxy groups -OCH3 is 2. The molecule has 4 nitrogen and oxygen atoms in total. The van der Waals surface area contributed by atoms with Crippen LogP contribution < -0.4 is 15.2 Å². The molecule has 0 aliphatic heterocycles. The van der Waals surface area contributed by atoms with Crippen molar-refractivity contribution >= 4 is 11.6 Å². The van der Waals surface area contributed by atoms with Gasteiger partial charge < -0.3 is 20.3 Å². The van der Waals surface area contributed by atoms with E-state index >= 15 is 0 Å². The maximum atomic E-state index is 9.59. The minimum Gasteiger partial charge on any atom is -0.493 e. The molecule has 0 aliphatic rings. The van der Waals surface area contributed by atoms with Gasteiger partial charge in [-0.25, -0.2) is 0 Å². The molecule has 5 heteroatoms. The number of hydrogen-bond donors (Lipinski definition) is 2. The first-order chi connectivity index (χ1) is 7.15. The van der Waals surface area contributed by atoms with Gasteiger partial charge in [0.2, 0.25) is 0 Å². The lowest BCUT2D eigenvalue weighted by atomic mass is 10.1. The van der Waals surface area contributed by atoms with Crippen LogP contribution in [0.4, 0.5) is 0 Å². The van der Waals surface area contributed by atoms with Gasteiger partial charge in [0.25, 0.3) is 0 Å². The molecule has 0 saturated heterocycles. The summed E-state index contributed by atoms with van der Waals surface area (Å²) < 4.78 is 10.2. The third-order valence-corrected chi connectivity index (χ3v) is 2.49. The highest BCUT2D eigenvalue weighted by molar-refractivity contribution is 6.33. The highest BCUT2D eigenvalue weighted by Crippen LogP contribution is 2.39. The lowest BCUT2D eigenvalue weighted by Crippen LogP contribution is -2.12. The van der Waals surface area contributed by atoms with Gasteiger partial charge in [0.1, 0.15) is 0 Å². The largest absolute Gasteiger partial charge is 0.493 e. The molecule has 1 atom stereocenters. The van der Waals surface area contributed by atoms with Gasteiger partial charge in [-0.2, -0.15) is 0 Å². The van der Waals surface area contributed by atoms with Gasteiger partial charge in [-0.1, -0.05) is 17.7 Å². The van der Waals surface area contributed by atoms with Gasteiger partial charge in [-0.05, 0) is 6.07 Å². The quantitative estimate of drug-likeness (QED) is 0.821. The van der Waals surface area contributed by atoms with E-state index in [-0.39, 0.29) is 6.54 Å². The van der Waals surface area contributed by atoms with Crippen LogP contribution in [0.15, 0.2) is 12.1 Å². The molecule has 0 radical (unpaired) electrons. The lowest BCUT2D eigenvalue weighted by molar-refractivity contribution is 0.186. The Bertz CT molecular complexity index is 344. The summed E-state index contributed by atoms with van der Waals surface area (Å²) in [6.07, 6.45) is -0.794. The normalized spacial score (nSPS) is 12.3. The van der Waals surface area contributed by atoms with Crippen LogP contribution >= 0.6 is 11.6 Å². The third-order valence-electron chi connectivity index (χ3n) is 2.10. The SMILES string of the molecule is COc1ccc(C(O)CN)c(Cl)c1OC. The van der Waals surface area contributed by atoms with Crippen molar-refractivity contribution in [2.45, 2.75) is 6.10 Å². The average molecular weight is 232 g/mol. The fraction of sp³-hybridized carbons (Fsp3) is 0.400. The van der Waals surface area contributed by atoms with Crippen LogP contribution in [0.2, 0.25) is 5.02 Å².